The Bertz CT molecular complexity index is 654. The summed E-state index contributed by atoms with van der Waals surface area (Å²) in [5, 5.41) is 4.63. The van der Waals surface area contributed by atoms with Crippen molar-refractivity contribution in [2.24, 2.45) is 0 Å². The predicted molar refractivity (Wildman–Crippen MR) is 83.3 cm³/mol. The van der Waals surface area contributed by atoms with Crippen LogP contribution in [0.3, 0.4) is 0 Å². The lowest BCUT2D eigenvalue weighted by Gasteiger charge is -2.18. The van der Waals surface area contributed by atoms with Crippen LogP contribution in [0.25, 0.3) is 0 Å². The molecule has 1 aromatic heterocycles. The summed E-state index contributed by atoms with van der Waals surface area (Å²) in [7, 11) is 0. The molecule has 2 aromatic rings. The van der Waals surface area contributed by atoms with E-state index >= 15 is 0 Å². The van der Waals surface area contributed by atoms with E-state index in [-0.39, 0.29) is 11.9 Å². The van der Waals surface area contributed by atoms with Gasteiger partial charge in [0.1, 0.15) is 10.8 Å². The van der Waals surface area contributed by atoms with Gasteiger partial charge in [-0.3, -0.25) is 0 Å². The molecule has 0 spiro atoms. The van der Waals surface area contributed by atoms with E-state index in [1.165, 1.54) is 29.8 Å². The van der Waals surface area contributed by atoms with Crippen LogP contribution in [0.15, 0.2) is 18.2 Å². The van der Waals surface area contributed by atoms with E-state index in [0.29, 0.717) is 6.04 Å². The van der Waals surface area contributed by atoms with Crippen molar-refractivity contribution in [3.05, 3.63) is 50.7 Å². The van der Waals surface area contributed by atoms with Crippen LogP contribution < -0.4 is 5.32 Å². The van der Waals surface area contributed by atoms with E-state index in [1.54, 1.807) is 17.4 Å². The van der Waals surface area contributed by atoms with Crippen LogP contribution in [0.4, 0.5) is 4.39 Å². The van der Waals surface area contributed by atoms with Gasteiger partial charge in [0, 0.05) is 16.5 Å². The first kappa shape index (κ1) is 13.4. The largest absolute Gasteiger partial charge is 0.301 e. The lowest BCUT2D eigenvalue weighted by atomic mass is 10.0. The molecule has 1 aromatic carbocycles. The average molecular weight is 302 g/mol. The summed E-state index contributed by atoms with van der Waals surface area (Å²) in [5.41, 5.74) is 3.08. The lowest BCUT2D eigenvalue weighted by molar-refractivity contribution is 0.543. The number of thiazole rings is 1. The van der Waals surface area contributed by atoms with Crippen LogP contribution in [0.5, 0.6) is 0 Å². The molecular weight excluding hydrogens is 283 g/mol. The molecule has 1 fully saturated rings. The average Bonchev–Trinajstić information content (AvgIpc) is 3.02. The Morgan fingerprint density at radius 2 is 2.19 bits per heavy atom. The Morgan fingerprint density at radius 1 is 1.33 bits per heavy atom. The number of aromatic nitrogens is 1. The molecule has 1 atom stereocenters. The standard InChI is InChI=1S/C17H19FN2S/c1-10-5-8-13(18)12(9-10)16(19-11-6-7-11)17-20-14-3-2-4-15(14)21-17/h5,8-9,11,16,19H,2-4,6-7H2,1H3. The van der Waals surface area contributed by atoms with Gasteiger partial charge in [0.25, 0.3) is 0 Å². The van der Waals surface area contributed by atoms with Gasteiger partial charge >= 0.3 is 0 Å². The molecule has 1 saturated carbocycles. The first-order valence-electron chi connectivity index (χ1n) is 7.71. The van der Waals surface area contributed by atoms with Crippen LogP contribution in [-0.4, -0.2) is 11.0 Å². The second-order valence-electron chi connectivity index (χ2n) is 6.17. The van der Waals surface area contributed by atoms with Gasteiger partial charge in [-0.15, -0.1) is 11.3 Å². The maximum Gasteiger partial charge on any atom is 0.128 e. The van der Waals surface area contributed by atoms with E-state index in [2.05, 4.69) is 5.32 Å². The third-order valence-electron chi connectivity index (χ3n) is 4.30. The zero-order valence-electron chi connectivity index (χ0n) is 12.2. The highest BCUT2D eigenvalue weighted by Gasteiger charge is 2.31. The summed E-state index contributed by atoms with van der Waals surface area (Å²) < 4.78 is 14.3. The van der Waals surface area contributed by atoms with Crippen LogP contribution in [-0.2, 0) is 12.8 Å². The molecule has 0 radical (unpaired) electrons. The number of halogens is 1. The lowest BCUT2D eigenvalue weighted by Crippen LogP contribution is -2.25. The minimum absolute atomic E-state index is 0.0898. The van der Waals surface area contributed by atoms with Gasteiger partial charge in [0.15, 0.2) is 0 Å². The van der Waals surface area contributed by atoms with Crippen molar-refractivity contribution in [1.82, 2.24) is 10.3 Å². The molecule has 21 heavy (non-hydrogen) atoms. The van der Waals surface area contributed by atoms with Crippen molar-refractivity contribution in [3.63, 3.8) is 0 Å². The quantitative estimate of drug-likeness (QED) is 0.926. The Morgan fingerprint density at radius 3 is 2.95 bits per heavy atom. The minimum Gasteiger partial charge on any atom is -0.301 e. The number of aryl methyl sites for hydroxylation is 3. The molecule has 1 N–H and O–H groups in total. The van der Waals surface area contributed by atoms with E-state index in [1.807, 2.05) is 19.1 Å². The van der Waals surface area contributed by atoms with Crippen molar-refractivity contribution in [2.75, 3.05) is 0 Å². The molecule has 1 unspecified atom stereocenters. The van der Waals surface area contributed by atoms with Gasteiger partial charge < -0.3 is 5.32 Å². The van der Waals surface area contributed by atoms with Crippen LogP contribution in [0.2, 0.25) is 0 Å². The van der Waals surface area contributed by atoms with Gasteiger partial charge in [-0.2, -0.15) is 0 Å². The van der Waals surface area contributed by atoms with E-state index < -0.39 is 0 Å². The fourth-order valence-corrected chi connectivity index (χ4v) is 4.23. The second-order valence-corrected chi connectivity index (χ2v) is 7.29. The third kappa shape index (κ3) is 2.62. The minimum atomic E-state index is -0.130. The molecular formula is C17H19FN2S. The summed E-state index contributed by atoms with van der Waals surface area (Å²) in [6.45, 7) is 2.01. The summed E-state index contributed by atoms with van der Waals surface area (Å²) in [4.78, 5) is 6.21. The smallest absolute Gasteiger partial charge is 0.128 e. The van der Waals surface area contributed by atoms with E-state index in [9.17, 15) is 4.39 Å². The number of benzene rings is 1. The molecule has 2 aliphatic rings. The Balaban J connectivity index is 1.74. The van der Waals surface area contributed by atoms with Gasteiger partial charge in [0.2, 0.25) is 0 Å². The monoisotopic (exact) mass is 302 g/mol. The van der Waals surface area contributed by atoms with Gasteiger partial charge in [-0.25, -0.2) is 9.37 Å². The Hall–Kier alpha value is -1.26. The summed E-state index contributed by atoms with van der Waals surface area (Å²) in [6, 6.07) is 5.80. The highest BCUT2D eigenvalue weighted by atomic mass is 32.1. The number of hydrogen-bond donors (Lipinski definition) is 1. The first-order chi connectivity index (χ1) is 10.2. The first-order valence-corrected chi connectivity index (χ1v) is 8.53. The normalized spacial score (nSPS) is 18.8. The van der Waals surface area contributed by atoms with Crippen LogP contribution in [0, 0.1) is 12.7 Å². The van der Waals surface area contributed by atoms with E-state index in [0.717, 1.165) is 29.0 Å². The number of fused-ring (bicyclic) bond motifs is 1. The summed E-state index contributed by atoms with van der Waals surface area (Å²) in [5.74, 6) is -0.130. The molecule has 0 amide bonds. The molecule has 2 aliphatic carbocycles. The number of rotatable bonds is 4. The zero-order valence-corrected chi connectivity index (χ0v) is 13.0. The fourth-order valence-electron chi connectivity index (χ4n) is 3.00. The topological polar surface area (TPSA) is 24.9 Å². The Labute approximate surface area is 128 Å². The zero-order chi connectivity index (χ0) is 14.4. The maximum atomic E-state index is 14.3. The highest BCUT2D eigenvalue weighted by molar-refractivity contribution is 7.11. The van der Waals surface area contributed by atoms with E-state index in [4.69, 9.17) is 4.98 Å². The van der Waals surface area contributed by atoms with Crippen molar-refractivity contribution >= 4 is 11.3 Å². The molecule has 110 valence electrons. The Kier molecular flexibility index (Phi) is 3.31. The van der Waals surface area contributed by atoms with Crippen LogP contribution >= 0.6 is 11.3 Å². The molecule has 2 nitrogen and oxygen atoms in total. The highest BCUT2D eigenvalue weighted by Crippen LogP contribution is 2.36. The van der Waals surface area contributed by atoms with Crippen LogP contribution in [0.1, 0.15) is 52.0 Å². The maximum absolute atomic E-state index is 14.3. The predicted octanol–water partition coefficient (Wildman–Crippen LogP) is 3.92. The van der Waals surface area contributed by atoms with Crippen molar-refractivity contribution < 1.29 is 4.39 Å². The molecule has 4 rings (SSSR count). The number of nitrogens with zero attached hydrogens (tertiary/aromatic N) is 1. The molecule has 4 heteroatoms. The summed E-state index contributed by atoms with van der Waals surface area (Å²) >= 11 is 1.77. The third-order valence-corrected chi connectivity index (χ3v) is 5.52. The molecule has 0 bridgehead atoms. The number of hydrogen-bond acceptors (Lipinski definition) is 3. The molecule has 1 heterocycles. The van der Waals surface area contributed by atoms with Crippen molar-refractivity contribution in [2.45, 2.75) is 51.1 Å². The summed E-state index contributed by atoms with van der Waals surface area (Å²) in [6.07, 6.45) is 5.82. The SMILES string of the molecule is Cc1ccc(F)c(C(NC2CC2)c2nc3c(s2)CCC3)c1. The second kappa shape index (κ2) is 5.18. The van der Waals surface area contributed by atoms with Gasteiger partial charge in [-0.1, -0.05) is 17.7 Å². The van der Waals surface area contributed by atoms with Crippen molar-refractivity contribution in [1.29, 1.82) is 0 Å². The van der Waals surface area contributed by atoms with Gasteiger partial charge in [-0.05, 0) is 45.1 Å². The molecule has 0 saturated heterocycles. The molecule has 0 aliphatic heterocycles. The van der Waals surface area contributed by atoms with Gasteiger partial charge in [0.05, 0.1) is 11.7 Å². The van der Waals surface area contributed by atoms with Crippen molar-refractivity contribution in [3.8, 4) is 0 Å². The number of nitrogens with one attached hydrogen (secondary N) is 1. The fraction of sp³-hybridized carbons (Fsp3) is 0.471.